The van der Waals surface area contributed by atoms with Crippen molar-refractivity contribution in [3.63, 3.8) is 0 Å². The molecule has 3 N–H and O–H groups in total. The van der Waals surface area contributed by atoms with Gasteiger partial charge in [0.15, 0.2) is 5.13 Å². The van der Waals surface area contributed by atoms with E-state index in [0.717, 1.165) is 41.4 Å². The summed E-state index contributed by atoms with van der Waals surface area (Å²) in [5.74, 6) is 0.389. The maximum Gasteiger partial charge on any atom is 0.183 e. The van der Waals surface area contributed by atoms with Gasteiger partial charge in [-0.05, 0) is 32.8 Å². The third-order valence-corrected chi connectivity index (χ3v) is 4.85. The minimum Gasteiger partial charge on any atom is -0.508 e. The van der Waals surface area contributed by atoms with Gasteiger partial charge < -0.3 is 20.5 Å². The van der Waals surface area contributed by atoms with E-state index in [4.69, 9.17) is 4.74 Å². The number of nitrogens with one attached hydrogen (secondary N) is 2. The first-order valence-corrected chi connectivity index (χ1v) is 8.59. The van der Waals surface area contributed by atoms with Crippen LogP contribution in [0.15, 0.2) is 28.5 Å². The van der Waals surface area contributed by atoms with E-state index in [2.05, 4.69) is 29.5 Å². The highest BCUT2D eigenvalue weighted by Crippen LogP contribution is 2.35. The average molecular weight is 321 g/mol. The predicted octanol–water partition coefficient (Wildman–Crippen LogP) is 3.50. The Labute approximate surface area is 135 Å². The number of dihydropyridines is 1. The van der Waals surface area contributed by atoms with Crippen LogP contribution in [0.5, 0.6) is 0 Å². The van der Waals surface area contributed by atoms with Crippen molar-refractivity contribution in [2.45, 2.75) is 51.3 Å². The highest BCUT2D eigenvalue weighted by atomic mass is 32.1. The van der Waals surface area contributed by atoms with E-state index in [-0.39, 0.29) is 12.1 Å². The summed E-state index contributed by atoms with van der Waals surface area (Å²) < 4.78 is 5.47. The molecule has 0 amide bonds. The first kappa shape index (κ1) is 15.4. The van der Waals surface area contributed by atoms with Gasteiger partial charge in [-0.25, -0.2) is 4.98 Å². The standard InChI is InChI=1S/C16H23N3O2S/c1-9(2)17-16-19-14(8-22-16)13-7-15(20)11-5-4-10(21-3)6-12(11)18-13/h7-10,13,18,20H,4-6H2,1-3H3,(H,17,19). The molecule has 1 aromatic heterocycles. The van der Waals surface area contributed by atoms with Gasteiger partial charge in [0.25, 0.3) is 0 Å². The summed E-state index contributed by atoms with van der Waals surface area (Å²) >= 11 is 1.59. The Balaban J connectivity index is 1.77. The zero-order valence-electron chi connectivity index (χ0n) is 13.2. The molecule has 1 aromatic rings. The number of rotatable bonds is 4. The van der Waals surface area contributed by atoms with E-state index in [1.165, 1.54) is 0 Å². The Morgan fingerprint density at radius 1 is 1.50 bits per heavy atom. The van der Waals surface area contributed by atoms with Crippen LogP contribution in [0.4, 0.5) is 5.13 Å². The quantitative estimate of drug-likeness (QED) is 0.792. The van der Waals surface area contributed by atoms with Crippen molar-refractivity contribution in [1.29, 1.82) is 0 Å². The van der Waals surface area contributed by atoms with Crippen LogP contribution in [0.25, 0.3) is 0 Å². The van der Waals surface area contributed by atoms with Gasteiger partial charge in [0.05, 0.1) is 17.8 Å². The van der Waals surface area contributed by atoms with Crippen molar-refractivity contribution in [2.24, 2.45) is 0 Å². The number of anilines is 1. The lowest BCUT2D eigenvalue weighted by molar-refractivity contribution is 0.0879. The van der Waals surface area contributed by atoms with Crippen LogP contribution in [0.2, 0.25) is 0 Å². The molecular formula is C16H23N3O2S. The van der Waals surface area contributed by atoms with Crippen LogP contribution in [-0.2, 0) is 4.74 Å². The van der Waals surface area contributed by atoms with Crippen LogP contribution in [0.3, 0.4) is 0 Å². The van der Waals surface area contributed by atoms with Crippen molar-refractivity contribution in [2.75, 3.05) is 12.4 Å². The number of methoxy groups -OCH3 is 1. The summed E-state index contributed by atoms with van der Waals surface area (Å²) in [6.45, 7) is 4.19. The van der Waals surface area contributed by atoms with E-state index in [9.17, 15) is 5.11 Å². The summed E-state index contributed by atoms with van der Waals surface area (Å²) in [5.41, 5.74) is 3.06. The van der Waals surface area contributed by atoms with E-state index in [1.54, 1.807) is 18.4 Å². The topological polar surface area (TPSA) is 66.4 Å². The third-order valence-electron chi connectivity index (χ3n) is 4.06. The number of nitrogens with zero attached hydrogens (tertiary/aromatic N) is 1. The van der Waals surface area contributed by atoms with Crippen LogP contribution in [0, 0.1) is 0 Å². The normalized spacial score (nSPS) is 24.8. The second-order valence-corrected chi connectivity index (χ2v) is 6.97. The minimum atomic E-state index is -0.0756. The number of aliphatic hydroxyl groups is 1. The fourth-order valence-electron chi connectivity index (χ4n) is 2.93. The first-order chi connectivity index (χ1) is 10.6. The molecule has 1 aliphatic heterocycles. The molecule has 120 valence electrons. The summed E-state index contributed by atoms with van der Waals surface area (Å²) in [6.07, 6.45) is 4.72. The highest BCUT2D eigenvalue weighted by Gasteiger charge is 2.29. The third kappa shape index (κ3) is 3.13. The molecule has 0 radical (unpaired) electrons. The summed E-state index contributed by atoms with van der Waals surface area (Å²) in [4.78, 5) is 4.62. The smallest absolute Gasteiger partial charge is 0.183 e. The summed E-state index contributed by atoms with van der Waals surface area (Å²) in [6, 6.07) is 0.283. The molecule has 3 rings (SSSR count). The van der Waals surface area contributed by atoms with Gasteiger partial charge in [0.1, 0.15) is 5.76 Å². The molecule has 2 atom stereocenters. The zero-order valence-corrected chi connectivity index (χ0v) is 14.0. The molecule has 0 bridgehead atoms. The largest absolute Gasteiger partial charge is 0.508 e. The van der Waals surface area contributed by atoms with Gasteiger partial charge in [-0.2, -0.15) is 0 Å². The number of thiazole rings is 1. The lowest BCUT2D eigenvalue weighted by Crippen LogP contribution is -2.31. The van der Waals surface area contributed by atoms with Crippen molar-refractivity contribution < 1.29 is 9.84 Å². The molecule has 1 aliphatic carbocycles. The van der Waals surface area contributed by atoms with E-state index in [1.807, 2.05) is 11.5 Å². The number of allylic oxidation sites excluding steroid dienone is 1. The van der Waals surface area contributed by atoms with E-state index >= 15 is 0 Å². The summed E-state index contributed by atoms with van der Waals surface area (Å²) in [7, 11) is 1.75. The van der Waals surface area contributed by atoms with Crippen LogP contribution in [-0.4, -0.2) is 29.3 Å². The van der Waals surface area contributed by atoms with Crippen molar-refractivity contribution in [3.8, 4) is 0 Å². The minimum absolute atomic E-state index is 0.0756. The first-order valence-electron chi connectivity index (χ1n) is 7.71. The number of aromatic nitrogens is 1. The molecule has 0 saturated heterocycles. The van der Waals surface area contributed by atoms with E-state index < -0.39 is 0 Å². The molecule has 2 heterocycles. The molecule has 22 heavy (non-hydrogen) atoms. The number of aliphatic hydroxyl groups excluding tert-OH is 1. The maximum absolute atomic E-state index is 10.3. The van der Waals surface area contributed by atoms with Gasteiger partial charge in [0.2, 0.25) is 0 Å². The summed E-state index contributed by atoms with van der Waals surface area (Å²) in [5, 5.41) is 20.1. The Hall–Kier alpha value is -1.53. The molecule has 6 heteroatoms. The van der Waals surface area contributed by atoms with Crippen LogP contribution in [0.1, 0.15) is 44.8 Å². The SMILES string of the molecule is COC1CCC2=C(C1)NC(c1csc(NC(C)C)n1)C=C2O. The maximum atomic E-state index is 10.3. The zero-order chi connectivity index (χ0) is 15.7. The Morgan fingerprint density at radius 2 is 2.32 bits per heavy atom. The van der Waals surface area contributed by atoms with Gasteiger partial charge in [-0.1, -0.05) is 0 Å². The molecule has 0 saturated carbocycles. The number of ether oxygens (including phenoxy) is 1. The van der Waals surface area contributed by atoms with Crippen LogP contribution < -0.4 is 10.6 Å². The Bertz CT molecular complexity index is 606. The highest BCUT2D eigenvalue weighted by molar-refractivity contribution is 7.13. The van der Waals surface area contributed by atoms with Gasteiger partial charge >= 0.3 is 0 Å². The van der Waals surface area contributed by atoms with Gasteiger partial charge in [-0.15, -0.1) is 11.3 Å². The molecule has 0 aromatic carbocycles. The van der Waals surface area contributed by atoms with Crippen molar-refractivity contribution in [3.05, 3.63) is 34.2 Å². The van der Waals surface area contributed by atoms with Gasteiger partial charge in [0, 0.05) is 36.2 Å². The van der Waals surface area contributed by atoms with E-state index in [0.29, 0.717) is 11.8 Å². The van der Waals surface area contributed by atoms with Crippen molar-refractivity contribution >= 4 is 16.5 Å². The Kier molecular flexibility index (Phi) is 4.40. The molecule has 0 spiro atoms. The lowest BCUT2D eigenvalue weighted by atomic mass is 9.89. The predicted molar refractivity (Wildman–Crippen MR) is 89.1 cm³/mol. The van der Waals surface area contributed by atoms with Gasteiger partial charge in [-0.3, -0.25) is 0 Å². The second kappa shape index (κ2) is 6.30. The fraction of sp³-hybridized carbons (Fsp3) is 0.562. The number of hydrogen-bond acceptors (Lipinski definition) is 6. The Morgan fingerprint density at radius 3 is 3.05 bits per heavy atom. The monoisotopic (exact) mass is 321 g/mol. The molecular weight excluding hydrogens is 298 g/mol. The molecule has 2 aliphatic rings. The van der Waals surface area contributed by atoms with Crippen LogP contribution >= 0.6 is 11.3 Å². The second-order valence-electron chi connectivity index (χ2n) is 6.11. The lowest BCUT2D eigenvalue weighted by Gasteiger charge is -2.32. The fourth-order valence-corrected chi connectivity index (χ4v) is 3.82. The molecule has 5 nitrogen and oxygen atoms in total. The average Bonchev–Trinajstić information content (AvgIpc) is 2.94. The van der Waals surface area contributed by atoms with Crippen molar-refractivity contribution in [1.82, 2.24) is 10.3 Å². The molecule has 0 fully saturated rings. The number of hydrogen-bond donors (Lipinski definition) is 3. The molecule has 2 unspecified atom stereocenters.